The molecule has 2 aromatic rings. The summed E-state index contributed by atoms with van der Waals surface area (Å²) in [5, 5.41) is 3.46. The maximum atomic E-state index is 12.6. The van der Waals surface area contributed by atoms with Crippen molar-refractivity contribution in [3.05, 3.63) is 45.8 Å². The maximum absolute atomic E-state index is 12.6. The van der Waals surface area contributed by atoms with Crippen LogP contribution in [0.1, 0.15) is 33.3 Å². The van der Waals surface area contributed by atoms with Crippen LogP contribution in [0.15, 0.2) is 24.3 Å². The first-order valence-corrected chi connectivity index (χ1v) is 9.06. The fraction of sp³-hybridized carbons (Fsp3) is 0.368. The Kier molecular flexibility index (Phi) is 4.81. The second kappa shape index (κ2) is 6.88. The van der Waals surface area contributed by atoms with Crippen molar-refractivity contribution >= 4 is 33.9 Å². The Morgan fingerprint density at radius 1 is 1.32 bits per heavy atom. The summed E-state index contributed by atoms with van der Waals surface area (Å²) >= 11 is 1.41. The number of hydrogen-bond donors (Lipinski definition) is 1. The summed E-state index contributed by atoms with van der Waals surface area (Å²) in [4.78, 5) is 27.7. The molecule has 5 nitrogen and oxygen atoms in total. The first-order chi connectivity index (χ1) is 11.9. The molecule has 0 aliphatic carbocycles. The molecule has 132 valence electrons. The minimum Gasteiger partial charge on any atom is -0.465 e. The molecule has 0 spiro atoms. The average Bonchev–Trinajstić information content (AvgIpc) is 3.04. The summed E-state index contributed by atoms with van der Waals surface area (Å²) in [6.45, 7) is 6.18. The second-order valence-electron chi connectivity index (χ2n) is 6.34. The second-order valence-corrected chi connectivity index (χ2v) is 7.56. The van der Waals surface area contributed by atoms with Crippen LogP contribution in [0.25, 0.3) is 0 Å². The number of carbonyl (C=O) groups is 2. The predicted octanol–water partition coefficient (Wildman–Crippen LogP) is 3.54. The topological polar surface area (TPSA) is 58.6 Å². The number of benzene rings is 1. The summed E-state index contributed by atoms with van der Waals surface area (Å²) in [5.74, 6) is -0.549. The number of thiophene rings is 1. The number of nitrogens with zero attached hydrogens (tertiary/aromatic N) is 1. The van der Waals surface area contributed by atoms with Gasteiger partial charge in [-0.25, -0.2) is 4.79 Å². The van der Waals surface area contributed by atoms with Crippen molar-refractivity contribution in [2.24, 2.45) is 0 Å². The van der Waals surface area contributed by atoms with Crippen LogP contribution in [-0.4, -0.2) is 31.6 Å². The minimum atomic E-state index is -0.419. The van der Waals surface area contributed by atoms with Gasteiger partial charge in [0.2, 0.25) is 5.91 Å². The van der Waals surface area contributed by atoms with E-state index in [9.17, 15) is 9.59 Å². The zero-order valence-corrected chi connectivity index (χ0v) is 15.7. The summed E-state index contributed by atoms with van der Waals surface area (Å²) < 4.78 is 4.86. The van der Waals surface area contributed by atoms with E-state index in [0.29, 0.717) is 10.6 Å². The van der Waals surface area contributed by atoms with Gasteiger partial charge in [-0.1, -0.05) is 18.2 Å². The van der Waals surface area contributed by atoms with Gasteiger partial charge < -0.3 is 15.0 Å². The fourth-order valence-electron chi connectivity index (χ4n) is 3.25. The number of rotatable bonds is 4. The molecule has 0 fully saturated rings. The minimum absolute atomic E-state index is 0.130. The van der Waals surface area contributed by atoms with E-state index in [2.05, 4.69) is 23.2 Å². The number of fused-ring (bicyclic) bond motifs is 1. The van der Waals surface area contributed by atoms with Gasteiger partial charge in [0.1, 0.15) is 5.00 Å². The molecule has 0 bridgehead atoms. The zero-order valence-electron chi connectivity index (χ0n) is 14.9. The lowest BCUT2D eigenvalue weighted by atomic mass is 10.1. The number of ether oxygens (including phenoxy) is 1. The molecule has 3 rings (SSSR count). The standard InChI is InChI=1S/C19H22N2O3S/c1-11-9-14-7-5-6-8-15(14)21(11)10-16(22)20-18-17(19(23)24-4)12(2)13(3)25-18/h5-8,11H,9-10H2,1-4H3,(H,20,22)/t11-/m0/s1. The number of anilines is 2. The molecule has 25 heavy (non-hydrogen) atoms. The summed E-state index contributed by atoms with van der Waals surface area (Å²) in [7, 11) is 1.35. The molecule has 1 aromatic carbocycles. The fourth-order valence-corrected chi connectivity index (χ4v) is 4.32. The molecule has 1 aliphatic heterocycles. The van der Waals surface area contributed by atoms with E-state index < -0.39 is 5.97 Å². The molecule has 0 saturated heterocycles. The Labute approximate surface area is 151 Å². The molecular weight excluding hydrogens is 336 g/mol. The maximum Gasteiger partial charge on any atom is 0.341 e. The number of methoxy groups -OCH3 is 1. The smallest absolute Gasteiger partial charge is 0.341 e. The molecule has 1 amide bonds. The predicted molar refractivity (Wildman–Crippen MR) is 101 cm³/mol. The lowest BCUT2D eigenvalue weighted by Crippen LogP contribution is -2.37. The van der Waals surface area contributed by atoms with E-state index >= 15 is 0 Å². The number of aryl methyl sites for hydroxylation is 1. The van der Waals surface area contributed by atoms with E-state index in [-0.39, 0.29) is 18.5 Å². The Bertz CT molecular complexity index is 828. The molecule has 6 heteroatoms. The Balaban J connectivity index is 1.78. The van der Waals surface area contributed by atoms with Gasteiger partial charge >= 0.3 is 5.97 Å². The summed E-state index contributed by atoms with van der Waals surface area (Å²) in [5.41, 5.74) is 3.68. The largest absolute Gasteiger partial charge is 0.465 e. The van der Waals surface area contributed by atoms with E-state index in [1.165, 1.54) is 24.0 Å². The molecule has 1 N–H and O–H groups in total. The SMILES string of the molecule is COC(=O)c1c(NC(=O)CN2c3ccccc3C[C@@H]2C)sc(C)c1C. The van der Waals surface area contributed by atoms with Gasteiger partial charge in [0, 0.05) is 16.6 Å². The van der Waals surface area contributed by atoms with Crippen molar-refractivity contribution in [1.82, 2.24) is 0 Å². The summed E-state index contributed by atoms with van der Waals surface area (Å²) in [6, 6.07) is 8.43. The molecule has 0 unspecified atom stereocenters. The lowest BCUT2D eigenvalue weighted by molar-refractivity contribution is -0.115. The highest BCUT2D eigenvalue weighted by Gasteiger charge is 2.28. The normalized spacial score (nSPS) is 15.8. The van der Waals surface area contributed by atoms with Gasteiger partial charge in [0.05, 0.1) is 19.2 Å². The lowest BCUT2D eigenvalue weighted by Gasteiger charge is -2.24. The van der Waals surface area contributed by atoms with Crippen molar-refractivity contribution in [1.29, 1.82) is 0 Å². The monoisotopic (exact) mass is 358 g/mol. The molecule has 0 radical (unpaired) electrons. The average molecular weight is 358 g/mol. The quantitative estimate of drug-likeness (QED) is 0.850. The van der Waals surface area contributed by atoms with Gasteiger partial charge in [0.25, 0.3) is 0 Å². The van der Waals surface area contributed by atoms with E-state index in [1.54, 1.807) is 0 Å². The van der Waals surface area contributed by atoms with Crippen LogP contribution < -0.4 is 10.2 Å². The summed E-state index contributed by atoms with van der Waals surface area (Å²) in [6.07, 6.45) is 0.939. The molecule has 1 atom stereocenters. The van der Waals surface area contributed by atoms with Crippen LogP contribution in [0, 0.1) is 13.8 Å². The third kappa shape index (κ3) is 3.26. The van der Waals surface area contributed by atoms with Gasteiger partial charge in [-0.3, -0.25) is 4.79 Å². The van der Waals surface area contributed by atoms with E-state index in [4.69, 9.17) is 4.74 Å². The Morgan fingerprint density at radius 2 is 2.04 bits per heavy atom. The van der Waals surface area contributed by atoms with Crippen LogP contribution >= 0.6 is 11.3 Å². The van der Waals surface area contributed by atoms with Gasteiger partial charge in [-0.05, 0) is 44.4 Å². The van der Waals surface area contributed by atoms with Crippen molar-refractivity contribution in [2.45, 2.75) is 33.2 Å². The van der Waals surface area contributed by atoms with E-state index in [1.807, 2.05) is 32.0 Å². The number of carbonyl (C=O) groups excluding carboxylic acids is 2. The van der Waals surface area contributed by atoms with Crippen molar-refractivity contribution in [2.75, 3.05) is 23.9 Å². The van der Waals surface area contributed by atoms with Gasteiger partial charge in [0.15, 0.2) is 0 Å². The highest BCUT2D eigenvalue weighted by Crippen LogP contribution is 2.34. The number of hydrogen-bond acceptors (Lipinski definition) is 5. The van der Waals surface area contributed by atoms with Crippen LogP contribution in [0.2, 0.25) is 0 Å². The van der Waals surface area contributed by atoms with Crippen molar-refractivity contribution < 1.29 is 14.3 Å². The third-order valence-electron chi connectivity index (χ3n) is 4.69. The van der Waals surface area contributed by atoms with Crippen LogP contribution in [-0.2, 0) is 16.0 Å². The molecule has 2 heterocycles. The molecule has 1 aromatic heterocycles. The van der Waals surface area contributed by atoms with Crippen molar-refractivity contribution in [3.8, 4) is 0 Å². The van der Waals surface area contributed by atoms with Crippen LogP contribution in [0.4, 0.5) is 10.7 Å². The third-order valence-corrected chi connectivity index (χ3v) is 5.81. The first-order valence-electron chi connectivity index (χ1n) is 8.25. The Hall–Kier alpha value is -2.34. The zero-order chi connectivity index (χ0) is 18.1. The van der Waals surface area contributed by atoms with Gasteiger partial charge in [-0.15, -0.1) is 11.3 Å². The number of para-hydroxylation sites is 1. The number of esters is 1. The first kappa shape index (κ1) is 17.5. The molecular formula is C19H22N2O3S. The molecule has 0 saturated carbocycles. The number of nitrogens with one attached hydrogen (secondary N) is 1. The number of amides is 1. The van der Waals surface area contributed by atoms with E-state index in [0.717, 1.165) is 22.5 Å². The van der Waals surface area contributed by atoms with Gasteiger partial charge in [-0.2, -0.15) is 0 Å². The van der Waals surface area contributed by atoms with Crippen LogP contribution in [0.3, 0.4) is 0 Å². The highest BCUT2D eigenvalue weighted by atomic mass is 32.1. The Morgan fingerprint density at radius 3 is 2.76 bits per heavy atom. The molecule has 1 aliphatic rings. The highest BCUT2D eigenvalue weighted by molar-refractivity contribution is 7.16. The van der Waals surface area contributed by atoms with Crippen LogP contribution in [0.5, 0.6) is 0 Å². The van der Waals surface area contributed by atoms with Crippen molar-refractivity contribution in [3.63, 3.8) is 0 Å².